The highest BCUT2D eigenvalue weighted by Crippen LogP contribution is 2.26. The molecule has 2 N–H and O–H groups in total. The minimum atomic E-state index is -0.301. The highest BCUT2D eigenvalue weighted by atomic mass is 16.5. The molecule has 0 aliphatic carbocycles. The molecule has 2 aromatic rings. The molecule has 1 aromatic heterocycles. The first-order valence-electron chi connectivity index (χ1n) is 7.76. The first-order valence-corrected chi connectivity index (χ1v) is 7.76. The molecule has 2 amide bonds. The van der Waals surface area contributed by atoms with Gasteiger partial charge in [-0.05, 0) is 41.5 Å². The molecule has 6 heteroatoms. The van der Waals surface area contributed by atoms with E-state index in [1.807, 2.05) is 18.2 Å². The molecule has 2 heterocycles. The number of benzene rings is 1. The third kappa shape index (κ3) is 4.04. The Kier molecular flexibility index (Phi) is 4.96. The van der Waals surface area contributed by atoms with E-state index in [9.17, 15) is 9.59 Å². The van der Waals surface area contributed by atoms with Crippen molar-refractivity contribution < 1.29 is 18.7 Å². The first kappa shape index (κ1) is 15.9. The number of nitrogens with one attached hydrogen (secondary N) is 2. The molecule has 1 aliphatic rings. The third-order valence-electron chi connectivity index (χ3n) is 3.60. The van der Waals surface area contributed by atoms with Gasteiger partial charge in [0.2, 0.25) is 5.91 Å². The van der Waals surface area contributed by atoms with Crippen molar-refractivity contribution in [1.29, 1.82) is 0 Å². The first-order chi connectivity index (χ1) is 11.7. The maximum absolute atomic E-state index is 11.8. The molecule has 0 spiro atoms. The Hall–Kier alpha value is -3.02. The smallest absolute Gasteiger partial charge is 0.287 e. The lowest BCUT2D eigenvalue weighted by Crippen LogP contribution is -2.33. The third-order valence-corrected chi connectivity index (χ3v) is 3.60. The second kappa shape index (κ2) is 7.50. The molecular formula is C18H18N2O4. The van der Waals surface area contributed by atoms with Crippen LogP contribution in [0.1, 0.15) is 21.7 Å². The number of hydrogen-bond acceptors (Lipinski definition) is 4. The summed E-state index contributed by atoms with van der Waals surface area (Å²) in [5.74, 6) is 0.662. The second-order valence-electron chi connectivity index (χ2n) is 5.32. The molecule has 0 radical (unpaired) electrons. The fraction of sp³-hybridized carbons (Fsp3) is 0.222. The number of rotatable bonds is 6. The molecule has 0 saturated carbocycles. The van der Waals surface area contributed by atoms with Gasteiger partial charge in [0.05, 0.1) is 12.9 Å². The van der Waals surface area contributed by atoms with Crippen LogP contribution in [0.4, 0.5) is 0 Å². The van der Waals surface area contributed by atoms with Crippen LogP contribution in [0.3, 0.4) is 0 Å². The molecule has 0 unspecified atom stereocenters. The second-order valence-corrected chi connectivity index (χ2v) is 5.32. The van der Waals surface area contributed by atoms with E-state index in [0.29, 0.717) is 19.7 Å². The van der Waals surface area contributed by atoms with E-state index in [1.54, 1.807) is 18.2 Å². The maximum Gasteiger partial charge on any atom is 0.287 e. The number of ether oxygens (including phenoxy) is 1. The highest BCUT2D eigenvalue weighted by molar-refractivity contribution is 5.92. The van der Waals surface area contributed by atoms with E-state index in [2.05, 4.69) is 10.6 Å². The molecule has 24 heavy (non-hydrogen) atoms. The number of furan rings is 1. The van der Waals surface area contributed by atoms with Gasteiger partial charge in [-0.15, -0.1) is 0 Å². The number of hydrogen-bond donors (Lipinski definition) is 2. The topological polar surface area (TPSA) is 80.6 Å². The van der Waals surface area contributed by atoms with Gasteiger partial charge in [0.1, 0.15) is 5.75 Å². The maximum atomic E-state index is 11.8. The Balaban J connectivity index is 1.40. The number of carbonyl (C=O) groups excluding carboxylic acids is 2. The molecule has 0 atom stereocenters. The van der Waals surface area contributed by atoms with E-state index < -0.39 is 0 Å². The Morgan fingerprint density at radius 3 is 2.88 bits per heavy atom. The van der Waals surface area contributed by atoms with Crippen molar-refractivity contribution in [2.24, 2.45) is 0 Å². The molecular weight excluding hydrogens is 308 g/mol. The Bertz CT molecular complexity index is 750. The normalized spacial score (nSPS) is 12.7. The average molecular weight is 326 g/mol. The van der Waals surface area contributed by atoms with Crippen LogP contribution in [0.5, 0.6) is 5.75 Å². The highest BCUT2D eigenvalue weighted by Gasteiger charge is 2.11. The minimum Gasteiger partial charge on any atom is -0.493 e. The van der Waals surface area contributed by atoms with E-state index in [1.165, 1.54) is 12.3 Å². The van der Waals surface area contributed by atoms with Crippen molar-refractivity contribution in [3.05, 3.63) is 59.6 Å². The fourth-order valence-corrected chi connectivity index (χ4v) is 2.40. The zero-order valence-electron chi connectivity index (χ0n) is 13.1. The van der Waals surface area contributed by atoms with E-state index in [4.69, 9.17) is 9.15 Å². The van der Waals surface area contributed by atoms with Crippen LogP contribution in [0, 0.1) is 0 Å². The van der Waals surface area contributed by atoms with Crippen LogP contribution in [-0.4, -0.2) is 31.5 Å². The number of fused-ring (bicyclic) bond motifs is 1. The van der Waals surface area contributed by atoms with Gasteiger partial charge in [-0.25, -0.2) is 0 Å². The molecule has 0 fully saturated rings. The quantitative estimate of drug-likeness (QED) is 0.626. The Morgan fingerprint density at radius 1 is 1.17 bits per heavy atom. The fourth-order valence-electron chi connectivity index (χ4n) is 2.40. The van der Waals surface area contributed by atoms with Crippen molar-refractivity contribution in [1.82, 2.24) is 10.6 Å². The van der Waals surface area contributed by atoms with Crippen LogP contribution < -0.4 is 15.4 Å². The van der Waals surface area contributed by atoms with Crippen molar-refractivity contribution in [2.75, 3.05) is 19.7 Å². The van der Waals surface area contributed by atoms with Gasteiger partial charge in [-0.3, -0.25) is 9.59 Å². The van der Waals surface area contributed by atoms with Gasteiger partial charge in [0.15, 0.2) is 5.76 Å². The van der Waals surface area contributed by atoms with Crippen molar-refractivity contribution in [3.8, 4) is 5.75 Å². The van der Waals surface area contributed by atoms with Crippen LogP contribution in [0.25, 0.3) is 6.08 Å². The molecule has 0 saturated heterocycles. The predicted octanol–water partition coefficient (Wildman–Crippen LogP) is 1.77. The average Bonchev–Trinajstić information content (AvgIpc) is 3.27. The van der Waals surface area contributed by atoms with Gasteiger partial charge in [-0.2, -0.15) is 0 Å². The van der Waals surface area contributed by atoms with Gasteiger partial charge in [0.25, 0.3) is 5.91 Å². The van der Waals surface area contributed by atoms with Crippen molar-refractivity contribution >= 4 is 17.9 Å². The lowest BCUT2D eigenvalue weighted by atomic mass is 10.1. The number of amides is 2. The predicted molar refractivity (Wildman–Crippen MR) is 88.7 cm³/mol. The Labute approximate surface area is 139 Å². The lowest BCUT2D eigenvalue weighted by Gasteiger charge is -2.04. The summed E-state index contributed by atoms with van der Waals surface area (Å²) in [5, 5.41) is 5.37. The summed E-state index contributed by atoms with van der Waals surface area (Å²) in [6, 6.07) is 9.09. The Morgan fingerprint density at radius 2 is 2.04 bits per heavy atom. The van der Waals surface area contributed by atoms with Crippen LogP contribution >= 0.6 is 0 Å². The monoisotopic (exact) mass is 326 g/mol. The summed E-state index contributed by atoms with van der Waals surface area (Å²) >= 11 is 0. The molecule has 1 aromatic carbocycles. The van der Waals surface area contributed by atoms with Crippen LogP contribution in [0.2, 0.25) is 0 Å². The molecule has 124 valence electrons. The lowest BCUT2D eigenvalue weighted by molar-refractivity contribution is -0.116. The molecule has 6 nitrogen and oxygen atoms in total. The summed E-state index contributed by atoms with van der Waals surface area (Å²) in [6.45, 7) is 1.38. The van der Waals surface area contributed by atoms with Gasteiger partial charge < -0.3 is 19.8 Å². The summed E-state index contributed by atoms with van der Waals surface area (Å²) in [6.07, 6.45) is 5.58. The zero-order valence-corrected chi connectivity index (χ0v) is 13.1. The van der Waals surface area contributed by atoms with Crippen LogP contribution in [-0.2, 0) is 11.2 Å². The largest absolute Gasteiger partial charge is 0.493 e. The van der Waals surface area contributed by atoms with Gasteiger partial charge in [0, 0.05) is 25.6 Å². The van der Waals surface area contributed by atoms with E-state index in [-0.39, 0.29) is 17.6 Å². The zero-order chi connectivity index (χ0) is 16.8. The molecule has 1 aliphatic heterocycles. The van der Waals surface area contributed by atoms with E-state index >= 15 is 0 Å². The van der Waals surface area contributed by atoms with Crippen molar-refractivity contribution in [3.63, 3.8) is 0 Å². The standard InChI is InChI=1S/C18H18N2O4/c21-17(19-8-9-20-18(22)16-2-1-10-23-16)6-4-13-3-5-15-14(12-13)7-11-24-15/h1-6,10,12H,7-9,11H2,(H,19,21)(H,20,22)/b6-4+. The van der Waals surface area contributed by atoms with E-state index in [0.717, 1.165) is 23.3 Å². The molecule has 3 rings (SSSR count). The SMILES string of the molecule is O=C(/C=C/c1ccc2c(c1)CCO2)NCCNC(=O)c1ccco1. The number of carbonyl (C=O) groups is 2. The van der Waals surface area contributed by atoms with Gasteiger partial charge in [-0.1, -0.05) is 6.07 Å². The van der Waals surface area contributed by atoms with Crippen molar-refractivity contribution in [2.45, 2.75) is 6.42 Å². The summed E-state index contributed by atoms with van der Waals surface area (Å²) < 4.78 is 10.4. The molecule has 0 bridgehead atoms. The summed E-state index contributed by atoms with van der Waals surface area (Å²) in [5.41, 5.74) is 2.12. The summed E-state index contributed by atoms with van der Waals surface area (Å²) in [4.78, 5) is 23.4. The summed E-state index contributed by atoms with van der Waals surface area (Å²) in [7, 11) is 0. The van der Waals surface area contributed by atoms with Gasteiger partial charge >= 0.3 is 0 Å². The van der Waals surface area contributed by atoms with Crippen LogP contribution in [0.15, 0.2) is 47.1 Å². The minimum absolute atomic E-state index is 0.209.